The van der Waals surface area contributed by atoms with Crippen LogP contribution in [-0.2, 0) is 38.4 Å². The molecule has 2 atom stereocenters. The Balaban J connectivity index is 0.000000274. The highest BCUT2D eigenvalue weighted by Crippen LogP contribution is 2.39. The molecule has 6 aromatic carbocycles. The zero-order valence-corrected chi connectivity index (χ0v) is 45.5. The van der Waals surface area contributed by atoms with Crippen molar-refractivity contribution in [3.8, 4) is 45.3 Å². The van der Waals surface area contributed by atoms with Crippen molar-refractivity contribution in [1.29, 1.82) is 0 Å². The number of carbonyl (C=O) groups excluding carboxylic acids is 1. The maximum Gasteiger partial charge on any atom is 0.306 e. The van der Waals surface area contributed by atoms with E-state index in [2.05, 4.69) is 47.6 Å². The minimum absolute atomic E-state index is 0.0368. The molecule has 0 saturated carbocycles. The molecule has 0 unspecified atom stereocenters. The van der Waals surface area contributed by atoms with Crippen LogP contribution in [0, 0.1) is 25.5 Å². The highest BCUT2D eigenvalue weighted by atomic mass is 19.1. The number of hydrogen-bond donors (Lipinski definition) is 1. The van der Waals surface area contributed by atoms with Gasteiger partial charge in [-0.2, -0.15) is 0 Å². The number of ether oxygens (including phenoxy) is 5. The van der Waals surface area contributed by atoms with Crippen LogP contribution in [0.4, 0.5) is 8.78 Å². The standard InChI is InChI=1S/C33H39FO4.C31H35FO4/c1-8-10-24(19-32(35)37-9-2)27-14-12-26(17-22(27)3)38-21-23-11-15-30(33(4,5)6)28(18-23)29-20-25(36-7)13-16-31(29)34;1-7-8-22(17-30(33)34)25-12-10-24(15-20(25)2)36-19-21-9-13-28(31(3,4)5)26(16-21)27-18-23(35-6)11-14-29(27)32/h8,10-18,20,24H,9,19,21H2,1-7H3;7-16,18,22H,17,19H2,1-6H3,(H,33,34)/b10-8+;8-7+/t24-;22-/m11/s1. The normalized spacial score (nSPS) is 12.5. The zero-order chi connectivity index (χ0) is 54.3. The number of rotatable bonds is 19. The van der Waals surface area contributed by atoms with Gasteiger partial charge in [-0.15, -0.1) is 0 Å². The molecule has 6 rings (SSSR count). The van der Waals surface area contributed by atoms with Gasteiger partial charge in [0.15, 0.2) is 0 Å². The lowest BCUT2D eigenvalue weighted by atomic mass is 9.81. The van der Waals surface area contributed by atoms with Crippen molar-refractivity contribution >= 4 is 11.9 Å². The van der Waals surface area contributed by atoms with Crippen LogP contribution in [0.15, 0.2) is 133 Å². The minimum atomic E-state index is -0.834. The van der Waals surface area contributed by atoms with E-state index in [9.17, 15) is 23.5 Å². The molecule has 0 heterocycles. The van der Waals surface area contributed by atoms with Crippen LogP contribution in [0.1, 0.15) is 131 Å². The fourth-order valence-corrected chi connectivity index (χ4v) is 9.05. The Morgan fingerprint density at radius 1 is 0.554 bits per heavy atom. The number of carboxylic acids is 1. The maximum absolute atomic E-state index is 14.9. The summed E-state index contributed by atoms with van der Waals surface area (Å²) in [5.41, 5.74) is 10.3. The highest BCUT2D eigenvalue weighted by molar-refractivity contribution is 5.73. The molecule has 10 heteroatoms. The van der Waals surface area contributed by atoms with Crippen molar-refractivity contribution in [2.45, 2.75) is 125 Å². The van der Waals surface area contributed by atoms with E-state index in [1.165, 1.54) is 12.1 Å². The second-order valence-corrected chi connectivity index (χ2v) is 20.4. The second kappa shape index (κ2) is 26.1. The van der Waals surface area contributed by atoms with Crippen molar-refractivity contribution in [1.82, 2.24) is 0 Å². The number of esters is 1. The van der Waals surface area contributed by atoms with Gasteiger partial charge in [-0.05, 0) is 174 Å². The molecule has 6 aromatic rings. The molecule has 0 aliphatic carbocycles. The minimum Gasteiger partial charge on any atom is -0.497 e. The lowest BCUT2D eigenvalue weighted by molar-refractivity contribution is -0.143. The van der Waals surface area contributed by atoms with E-state index in [0.29, 0.717) is 54.6 Å². The Kier molecular flexibility index (Phi) is 20.4. The molecule has 0 aliphatic heterocycles. The van der Waals surface area contributed by atoms with E-state index < -0.39 is 5.97 Å². The summed E-state index contributed by atoms with van der Waals surface area (Å²) < 4.78 is 57.9. The first-order chi connectivity index (χ1) is 35.1. The van der Waals surface area contributed by atoms with E-state index in [0.717, 1.165) is 61.4 Å². The largest absolute Gasteiger partial charge is 0.497 e. The number of halogens is 2. The summed E-state index contributed by atoms with van der Waals surface area (Å²) in [5.74, 6) is 0.750. The number of allylic oxidation sites excluding steroid dienone is 4. The predicted molar refractivity (Wildman–Crippen MR) is 294 cm³/mol. The van der Waals surface area contributed by atoms with Gasteiger partial charge in [-0.25, -0.2) is 8.78 Å². The Morgan fingerprint density at radius 3 is 1.31 bits per heavy atom. The molecule has 0 saturated heterocycles. The number of aryl methyl sites for hydroxylation is 2. The lowest BCUT2D eigenvalue weighted by Crippen LogP contribution is -2.13. The molecule has 0 aromatic heterocycles. The molecule has 8 nitrogen and oxygen atoms in total. The van der Waals surface area contributed by atoms with Crippen molar-refractivity contribution in [2.24, 2.45) is 0 Å². The summed E-state index contributed by atoms with van der Waals surface area (Å²) in [5, 5.41) is 9.26. The van der Waals surface area contributed by atoms with E-state index in [1.807, 2.05) is 126 Å². The number of aliphatic carboxylic acids is 1. The van der Waals surface area contributed by atoms with Crippen LogP contribution in [0.2, 0.25) is 0 Å². The van der Waals surface area contributed by atoms with Crippen LogP contribution >= 0.6 is 0 Å². The molecule has 0 fully saturated rings. The third-order valence-electron chi connectivity index (χ3n) is 12.7. The molecular weight excluding hydrogens is 935 g/mol. The number of benzene rings is 6. The molecule has 74 heavy (non-hydrogen) atoms. The Hall–Kier alpha value is -7.20. The Morgan fingerprint density at radius 2 is 0.959 bits per heavy atom. The van der Waals surface area contributed by atoms with Crippen LogP contribution in [0.25, 0.3) is 22.3 Å². The third-order valence-corrected chi connectivity index (χ3v) is 12.7. The average Bonchev–Trinajstić information content (AvgIpc) is 3.34. The smallest absolute Gasteiger partial charge is 0.306 e. The number of hydrogen-bond acceptors (Lipinski definition) is 7. The summed E-state index contributed by atoms with van der Waals surface area (Å²) >= 11 is 0. The van der Waals surface area contributed by atoms with Gasteiger partial charge in [0, 0.05) is 23.0 Å². The van der Waals surface area contributed by atoms with Crippen LogP contribution in [0.5, 0.6) is 23.0 Å². The van der Waals surface area contributed by atoms with Gasteiger partial charge in [0.05, 0.1) is 33.7 Å². The van der Waals surface area contributed by atoms with Gasteiger partial charge < -0.3 is 28.8 Å². The summed E-state index contributed by atoms with van der Waals surface area (Å²) in [6.07, 6.45) is 8.10. The summed E-state index contributed by atoms with van der Waals surface area (Å²) in [6.45, 7) is 23.3. The molecule has 0 aliphatic rings. The topological polar surface area (TPSA) is 101 Å². The molecule has 1 N–H and O–H groups in total. The van der Waals surface area contributed by atoms with E-state index >= 15 is 0 Å². The van der Waals surface area contributed by atoms with Gasteiger partial charge in [-0.3, -0.25) is 9.59 Å². The first kappa shape index (κ1) is 57.7. The first-order valence-corrected chi connectivity index (χ1v) is 25.1. The fraction of sp³-hybridized carbons (Fsp3) is 0.344. The van der Waals surface area contributed by atoms with Crippen molar-refractivity contribution in [3.05, 3.63) is 190 Å². The van der Waals surface area contributed by atoms with Crippen molar-refractivity contribution < 1.29 is 47.2 Å². The van der Waals surface area contributed by atoms with Gasteiger partial charge in [0.2, 0.25) is 0 Å². The van der Waals surface area contributed by atoms with Gasteiger partial charge >= 0.3 is 11.9 Å². The number of methoxy groups -OCH3 is 2. The number of carboxylic acid groups (broad SMARTS) is 1. The number of carbonyl (C=O) groups is 2. The molecule has 0 radical (unpaired) electrons. The van der Waals surface area contributed by atoms with E-state index in [-0.39, 0.29) is 46.7 Å². The van der Waals surface area contributed by atoms with Crippen molar-refractivity contribution in [2.75, 3.05) is 20.8 Å². The molecule has 392 valence electrons. The highest BCUT2D eigenvalue weighted by Gasteiger charge is 2.24. The summed E-state index contributed by atoms with van der Waals surface area (Å²) in [6, 6.07) is 33.4. The SMILES string of the molecule is C/C=C/[C@H](CC(=O)O)c1ccc(OCc2ccc(C(C)(C)C)c(-c3cc(OC)ccc3F)c2)cc1C.C/C=C/[C@H](CC(=O)OCC)c1ccc(OCc2ccc(C(C)(C)C)c(-c3cc(OC)ccc3F)c2)cc1C. The zero-order valence-electron chi connectivity index (χ0n) is 45.5. The summed E-state index contributed by atoms with van der Waals surface area (Å²) in [4.78, 5) is 23.4. The lowest BCUT2D eigenvalue weighted by Gasteiger charge is -2.24. The first-order valence-electron chi connectivity index (χ1n) is 25.1. The quantitative estimate of drug-likeness (QED) is 0.0633. The van der Waals surface area contributed by atoms with E-state index in [4.69, 9.17) is 23.7 Å². The third kappa shape index (κ3) is 15.7. The summed E-state index contributed by atoms with van der Waals surface area (Å²) in [7, 11) is 3.15. The molecular formula is C64H74F2O8. The van der Waals surface area contributed by atoms with Gasteiger partial charge in [0.25, 0.3) is 0 Å². The van der Waals surface area contributed by atoms with Gasteiger partial charge in [0.1, 0.15) is 47.8 Å². The maximum atomic E-state index is 14.9. The van der Waals surface area contributed by atoms with Crippen LogP contribution in [0.3, 0.4) is 0 Å². The van der Waals surface area contributed by atoms with Gasteiger partial charge in [-0.1, -0.05) is 102 Å². The monoisotopic (exact) mass is 1010 g/mol. The van der Waals surface area contributed by atoms with Crippen molar-refractivity contribution in [3.63, 3.8) is 0 Å². The Bertz CT molecular complexity index is 2940. The molecule has 0 bridgehead atoms. The van der Waals surface area contributed by atoms with Crippen LogP contribution in [-0.4, -0.2) is 37.9 Å². The Labute approximate surface area is 438 Å². The van der Waals surface area contributed by atoms with E-state index in [1.54, 1.807) is 38.5 Å². The molecule has 0 amide bonds. The average molecular weight is 1010 g/mol. The van der Waals surface area contributed by atoms with Crippen LogP contribution < -0.4 is 18.9 Å². The fourth-order valence-electron chi connectivity index (χ4n) is 9.05. The second-order valence-electron chi connectivity index (χ2n) is 20.4. The molecule has 0 spiro atoms. The predicted octanol–water partition coefficient (Wildman–Crippen LogP) is 16.1.